The van der Waals surface area contributed by atoms with Gasteiger partial charge in [-0.3, -0.25) is 0 Å². The third-order valence-electron chi connectivity index (χ3n) is 2.20. The highest BCUT2D eigenvalue weighted by Crippen LogP contribution is 2.22. The topological polar surface area (TPSA) is 12.0 Å². The van der Waals surface area contributed by atoms with Crippen molar-refractivity contribution in [3.8, 4) is 0 Å². The minimum absolute atomic E-state index is 0.385. The van der Waals surface area contributed by atoms with Crippen LogP contribution in [0.5, 0.6) is 0 Å². The van der Waals surface area contributed by atoms with Crippen LogP contribution in [-0.4, -0.2) is 18.1 Å². The molecule has 0 spiro atoms. The van der Waals surface area contributed by atoms with Crippen molar-refractivity contribution in [1.82, 2.24) is 5.32 Å². The molecule has 1 aromatic rings. The summed E-state index contributed by atoms with van der Waals surface area (Å²) in [5, 5.41) is 4.80. The fourth-order valence-corrected chi connectivity index (χ4v) is 2.49. The first-order valence-corrected chi connectivity index (χ1v) is 6.60. The minimum Gasteiger partial charge on any atom is -0.312 e. The van der Waals surface area contributed by atoms with E-state index in [4.69, 9.17) is 11.6 Å². The Labute approximate surface area is 102 Å². The summed E-state index contributed by atoms with van der Waals surface area (Å²) in [4.78, 5) is 0. The molecule has 0 amide bonds. The van der Waals surface area contributed by atoms with Gasteiger partial charge in [0.05, 0.1) is 0 Å². The first-order chi connectivity index (χ1) is 7.13. The van der Waals surface area contributed by atoms with Crippen LogP contribution in [-0.2, 0) is 0 Å². The summed E-state index contributed by atoms with van der Waals surface area (Å²) < 4.78 is 0. The zero-order valence-electron chi connectivity index (χ0n) is 9.46. The molecule has 0 aliphatic carbocycles. The van der Waals surface area contributed by atoms with Crippen molar-refractivity contribution in [1.29, 1.82) is 0 Å². The summed E-state index contributed by atoms with van der Waals surface area (Å²) >= 11 is 7.93. The summed E-state index contributed by atoms with van der Waals surface area (Å²) in [7, 11) is 1.99. The highest BCUT2D eigenvalue weighted by molar-refractivity contribution is 7.99. The summed E-state index contributed by atoms with van der Waals surface area (Å²) in [6.07, 6.45) is 0. The maximum absolute atomic E-state index is 5.97. The monoisotopic (exact) mass is 243 g/mol. The van der Waals surface area contributed by atoms with Crippen molar-refractivity contribution in [3.05, 3.63) is 34.9 Å². The van der Waals surface area contributed by atoms with Crippen LogP contribution in [0.2, 0.25) is 5.02 Å². The fraction of sp³-hybridized carbons (Fsp3) is 0.500. The number of benzene rings is 1. The lowest BCUT2D eigenvalue weighted by Gasteiger charge is -2.17. The van der Waals surface area contributed by atoms with Crippen LogP contribution >= 0.6 is 23.4 Å². The van der Waals surface area contributed by atoms with E-state index in [0.29, 0.717) is 11.3 Å². The van der Waals surface area contributed by atoms with Crippen LogP contribution < -0.4 is 5.32 Å². The second-order valence-electron chi connectivity index (χ2n) is 3.78. The average molecular weight is 244 g/mol. The molecule has 1 unspecified atom stereocenters. The molecule has 0 saturated carbocycles. The van der Waals surface area contributed by atoms with E-state index in [2.05, 4.69) is 25.2 Å². The molecule has 0 saturated heterocycles. The number of halogens is 1. The average Bonchev–Trinajstić information content (AvgIpc) is 2.18. The van der Waals surface area contributed by atoms with Gasteiger partial charge in [0.25, 0.3) is 0 Å². The third-order valence-corrected chi connectivity index (χ3v) is 3.62. The lowest BCUT2D eigenvalue weighted by molar-refractivity contribution is 0.661. The zero-order chi connectivity index (χ0) is 11.3. The molecule has 0 aliphatic heterocycles. The second-order valence-corrected chi connectivity index (χ2v) is 5.82. The lowest BCUT2D eigenvalue weighted by atomic mass is 10.1. The number of hydrogen-bond donors (Lipinski definition) is 1. The lowest BCUT2D eigenvalue weighted by Crippen LogP contribution is -2.19. The van der Waals surface area contributed by atoms with Gasteiger partial charge in [0.1, 0.15) is 0 Å². The summed E-state index contributed by atoms with van der Waals surface area (Å²) in [6.45, 7) is 4.44. The largest absolute Gasteiger partial charge is 0.312 e. The molecule has 15 heavy (non-hydrogen) atoms. The van der Waals surface area contributed by atoms with E-state index < -0.39 is 0 Å². The van der Waals surface area contributed by atoms with Crippen LogP contribution in [0.1, 0.15) is 25.5 Å². The number of thioether (sulfide) groups is 1. The Hall–Kier alpha value is -0.180. The van der Waals surface area contributed by atoms with Gasteiger partial charge < -0.3 is 5.32 Å². The van der Waals surface area contributed by atoms with E-state index in [0.717, 1.165) is 10.8 Å². The van der Waals surface area contributed by atoms with Gasteiger partial charge in [-0.1, -0.05) is 37.6 Å². The summed E-state index contributed by atoms with van der Waals surface area (Å²) in [5.74, 6) is 1.08. The van der Waals surface area contributed by atoms with Crippen LogP contribution in [0.3, 0.4) is 0 Å². The Morgan fingerprint density at radius 3 is 2.67 bits per heavy atom. The Kier molecular flexibility index (Phi) is 5.51. The van der Waals surface area contributed by atoms with E-state index in [1.165, 1.54) is 5.56 Å². The van der Waals surface area contributed by atoms with E-state index in [-0.39, 0.29) is 0 Å². The van der Waals surface area contributed by atoms with Gasteiger partial charge in [0, 0.05) is 16.8 Å². The SMILES string of the molecule is CNC(CSC(C)C)c1cccc(Cl)c1. The normalized spacial score (nSPS) is 13.1. The van der Waals surface area contributed by atoms with E-state index in [1.54, 1.807) is 0 Å². The molecule has 1 N–H and O–H groups in total. The van der Waals surface area contributed by atoms with Crippen molar-refractivity contribution in [2.75, 3.05) is 12.8 Å². The van der Waals surface area contributed by atoms with Gasteiger partial charge in [-0.2, -0.15) is 11.8 Å². The molecule has 3 heteroatoms. The number of nitrogens with one attached hydrogen (secondary N) is 1. The van der Waals surface area contributed by atoms with Gasteiger partial charge in [-0.05, 0) is 30.0 Å². The van der Waals surface area contributed by atoms with Crippen molar-refractivity contribution in [2.24, 2.45) is 0 Å². The van der Waals surface area contributed by atoms with Crippen molar-refractivity contribution in [3.63, 3.8) is 0 Å². The molecule has 0 fully saturated rings. The molecular weight excluding hydrogens is 226 g/mol. The van der Waals surface area contributed by atoms with Gasteiger partial charge in [-0.25, -0.2) is 0 Å². The predicted molar refractivity (Wildman–Crippen MR) is 70.8 cm³/mol. The van der Waals surface area contributed by atoms with Crippen molar-refractivity contribution in [2.45, 2.75) is 25.1 Å². The highest BCUT2D eigenvalue weighted by Gasteiger charge is 2.10. The van der Waals surface area contributed by atoms with Crippen LogP contribution in [0, 0.1) is 0 Å². The summed E-state index contributed by atoms with van der Waals surface area (Å²) in [6, 6.07) is 8.45. The van der Waals surface area contributed by atoms with Gasteiger partial charge in [-0.15, -0.1) is 0 Å². The number of rotatable bonds is 5. The Bertz CT molecular complexity index is 301. The van der Waals surface area contributed by atoms with Gasteiger partial charge >= 0.3 is 0 Å². The van der Waals surface area contributed by atoms with Gasteiger partial charge in [0.2, 0.25) is 0 Å². The van der Waals surface area contributed by atoms with Gasteiger partial charge in [0.15, 0.2) is 0 Å². The standard InChI is InChI=1S/C12H18ClNS/c1-9(2)15-8-12(14-3)10-5-4-6-11(13)7-10/h4-7,9,12,14H,8H2,1-3H3. The maximum Gasteiger partial charge on any atom is 0.0410 e. The quantitative estimate of drug-likeness (QED) is 0.846. The van der Waals surface area contributed by atoms with Crippen LogP contribution in [0.15, 0.2) is 24.3 Å². The Balaban J connectivity index is 2.65. The third kappa shape index (κ3) is 4.45. The van der Waals surface area contributed by atoms with Crippen LogP contribution in [0.4, 0.5) is 0 Å². The van der Waals surface area contributed by atoms with E-state index >= 15 is 0 Å². The molecule has 0 aromatic heterocycles. The first kappa shape index (κ1) is 12.9. The molecular formula is C12H18ClNS. The Morgan fingerprint density at radius 2 is 2.13 bits per heavy atom. The zero-order valence-corrected chi connectivity index (χ0v) is 11.0. The molecule has 1 atom stereocenters. The van der Waals surface area contributed by atoms with E-state index in [1.807, 2.05) is 37.0 Å². The summed E-state index contributed by atoms with van der Waals surface area (Å²) in [5.41, 5.74) is 1.26. The van der Waals surface area contributed by atoms with Crippen molar-refractivity contribution >= 4 is 23.4 Å². The first-order valence-electron chi connectivity index (χ1n) is 5.18. The highest BCUT2D eigenvalue weighted by atomic mass is 35.5. The smallest absolute Gasteiger partial charge is 0.0410 e. The predicted octanol–water partition coefficient (Wildman–Crippen LogP) is 3.74. The molecule has 0 heterocycles. The number of hydrogen-bond acceptors (Lipinski definition) is 2. The van der Waals surface area contributed by atoms with Crippen LogP contribution in [0.25, 0.3) is 0 Å². The van der Waals surface area contributed by atoms with Crippen molar-refractivity contribution < 1.29 is 0 Å². The van der Waals surface area contributed by atoms with E-state index in [9.17, 15) is 0 Å². The molecule has 84 valence electrons. The molecule has 0 radical (unpaired) electrons. The Morgan fingerprint density at radius 1 is 1.40 bits per heavy atom. The molecule has 0 bridgehead atoms. The maximum atomic E-state index is 5.97. The molecule has 0 aliphatic rings. The molecule has 1 aromatic carbocycles. The second kappa shape index (κ2) is 6.41. The minimum atomic E-state index is 0.385. The molecule has 1 nitrogen and oxygen atoms in total. The molecule has 1 rings (SSSR count). The fourth-order valence-electron chi connectivity index (χ4n) is 1.36.